The van der Waals surface area contributed by atoms with Gasteiger partial charge in [0.25, 0.3) is 0 Å². The summed E-state index contributed by atoms with van der Waals surface area (Å²) in [5, 5.41) is 6.12. The normalized spacial score (nSPS) is 13.0. The zero-order valence-electron chi connectivity index (χ0n) is 6.79. The smallest absolute Gasteiger partial charge is 0.182 e. The van der Waals surface area contributed by atoms with E-state index < -0.39 is 0 Å². The van der Waals surface area contributed by atoms with Gasteiger partial charge in [0, 0.05) is 18.0 Å². The molecule has 0 aliphatic heterocycles. The molecule has 1 aromatic rings. The van der Waals surface area contributed by atoms with Crippen LogP contribution in [0.2, 0.25) is 0 Å². The molecule has 3 N–H and O–H groups in total. The van der Waals surface area contributed by atoms with Gasteiger partial charge in [0.1, 0.15) is 0 Å². The Morgan fingerprint density at radius 1 is 1.82 bits per heavy atom. The molecule has 62 valence electrons. The average molecular weight is 171 g/mol. The molecule has 11 heavy (non-hydrogen) atoms. The van der Waals surface area contributed by atoms with Gasteiger partial charge in [0.15, 0.2) is 5.13 Å². The number of hydrogen-bond donors (Lipinski definition) is 2. The summed E-state index contributed by atoms with van der Waals surface area (Å²) in [6, 6.07) is 0.180. The Morgan fingerprint density at radius 2 is 2.55 bits per heavy atom. The van der Waals surface area contributed by atoms with E-state index in [1.807, 2.05) is 19.2 Å². The minimum Gasteiger partial charge on any atom is -0.360 e. The number of aryl methyl sites for hydroxylation is 1. The fraction of sp³-hybridized carbons (Fsp3) is 0.571. The molecule has 1 heterocycles. The van der Waals surface area contributed by atoms with E-state index in [-0.39, 0.29) is 6.04 Å². The van der Waals surface area contributed by atoms with E-state index in [9.17, 15) is 0 Å². The van der Waals surface area contributed by atoms with E-state index in [1.165, 1.54) is 0 Å². The highest BCUT2D eigenvalue weighted by Crippen LogP contribution is 2.13. The first-order chi connectivity index (χ1) is 5.18. The molecular formula is C7H13N3S. The van der Waals surface area contributed by atoms with Gasteiger partial charge >= 0.3 is 0 Å². The highest BCUT2D eigenvalue weighted by Gasteiger charge is 1.97. The summed E-state index contributed by atoms with van der Waals surface area (Å²) >= 11 is 1.61. The number of rotatable bonds is 3. The number of nitrogens with one attached hydrogen (secondary N) is 1. The van der Waals surface area contributed by atoms with E-state index in [0.717, 1.165) is 17.4 Å². The van der Waals surface area contributed by atoms with Crippen LogP contribution in [0.3, 0.4) is 0 Å². The van der Waals surface area contributed by atoms with Crippen LogP contribution in [0.15, 0.2) is 5.38 Å². The number of nitrogens with zero attached hydrogens (tertiary/aromatic N) is 1. The van der Waals surface area contributed by atoms with Gasteiger partial charge in [-0.1, -0.05) is 0 Å². The molecule has 0 bridgehead atoms. The van der Waals surface area contributed by atoms with E-state index >= 15 is 0 Å². The van der Waals surface area contributed by atoms with Crippen molar-refractivity contribution < 1.29 is 0 Å². The fourth-order valence-corrected chi connectivity index (χ4v) is 1.38. The summed E-state index contributed by atoms with van der Waals surface area (Å²) in [6.07, 6.45) is 0. The first-order valence-electron chi connectivity index (χ1n) is 3.60. The predicted molar refractivity (Wildman–Crippen MR) is 49.0 cm³/mol. The molecule has 0 saturated carbocycles. The lowest BCUT2D eigenvalue weighted by molar-refractivity contribution is 0.779. The Hall–Kier alpha value is -0.610. The third-order valence-electron chi connectivity index (χ3n) is 1.19. The molecule has 4 heteroatoms. The largest absolute Gasteiger partial charge is 0.360 e. The standard InChI is InChI=1S/C7H13N3S/c1-5(8)3-9-7-10-6(2)4-11-7/h4-5H,3,8H2,1-2H3,(H,9,10). The van der Waals surface area contributed by atoms with Crippen LogP contribution in [0, 0.1) is 6.92 Å². The van der Waals surface area contributed by atoms with Crippen LogP contribution >= 0.6 is 11.3 Å². The number of aromatic nitrogens is 1. The Morgan fingerprint density at radius 3 is 3.00 bits per heavy atom. The predicted octanol–water partition coefficient (Wildman–Crippen LogP) is 1.21. The molecule has 1 unspecified atom stereocenters. The fourth-order valence-electron chi connectivity index (χ4n) is 0.683. The van der Waals surface area contributed by atoms with Gasteiger partial charge in [-0.2, -0.15) is 0 Å². The van der Waals surface area contributed by atoms with Crippen LogP contribution < -0.4 is 11.1 Å². The van der Waals surface area contributed by atoms with Crippen molar-refractivity contribution in [3.8, 4) is 0 Å². The van der Waals surface area contributed by atoms with Crippen LogP contribution in [-0.4, -0.2) is 17.6 Å². The van der Waals surface area contributed by atoms with Crippen molar-refractivity contribution in [2.45, 2.75) is 19.9 Å². The summed E-state index contributed by atoms with van der Waals surface area (Å²) in [5.74, 6) is 0. The summed E-state index contributed by atoms with van der Waals surface area (Å²) in [5.41, 5.74) is 6.62. The summed E-state index contributed by atoms with van der Waals surface area (Å²) < 4.78 is 0. The van der Waals surface area contributed by atoms with Gasteiger partial charge in [-0.15, -0.1) is 11.3 Å². The molecule has 1 rings (SSSR count). The van der Waals surface area contributed by atoms with E-state index in [0.29, 0.717) is 0 Å². The lowest BCUT2D eigenvalue weighted by atomic mass is 10.4. The molecule has 0 aliphatic rings. The lowest BCUT2D eigenvalue weighted by Gasteiger charge is -2.04. The molecule has 0 saturated heterocycles. The zero-order valence-corrected chi connectivity index (χ0v) is 7.61. The van der Waals surface area contributed by atoms with Gasteiger partial charge in [0.2, 0.25) is 0 Å². The monoisotopic (exact) mass is 171 g/mol. The lowest BCUT2D eigenvalue weighted by Crippen LogP contribution is -2.25. The second-order valence-corrected chi connectivity index (χ2v) is 3.51. The van der Waals surface area contributed by atoms with Crippen LogP contribution in [0.25, 0.3) is 0 Å². The third kappa shape index (κ3) is 2.86. The van der Waals surface area contributed by atoms with E-state index in [1.54, 1.807) is 11.3 Å². The molecule has 0 aromatic carbocycles. The van der Waals surface area contributed by atoms with E-state index in [4.69, 9.17) is 5.73 Å². The number of hydrogen-bond acceptors (Lipinski definition) is 4. The zero-order chi connectivity index (χ0) is 8.27. The van der Waals surface area contributed by atoms with Crippen molar-refractivity contribution in [2.75, 3.05) is 11.9 Å². The highest BCUT2D eigenvalue weighted by molar-refractivity contribution is 7.13. The second-order valence-electron chi connectivity index (χ2n) is 2.65. The molecule has 0 aliphatic carbocycles. The first kappa shape index (κ1) is 8.49. The Bertz CT molecular complexity index is 219. The average Bonchev–Trinajstić information content (AvgIpc) is 2.31. The molecule has 1 aromatic heterocycles. The maximum Gasteiger partial charge on any atom is 0.182 e. The van der Waals surface area contributed by atoms with Gasteiger partial charge in [-0.05, 0) is 13.8 Å². The first-order valence-corrected chi connectivity index (χ1v) is 4.48. The molecular weight excluding hydrogens is 158 g/mol. The summed E-state index contributed by atoms with van der Waals surface area (Å²) in [4.78, 5) is 4.23. The summed E-state index contributed by atoms with van der Waals surface area (Å²) in [7, 11) is 0. The van der Waals surface area contributed by atoms with Crippen molar-refractivity contribution in [1.29, 1.82) is 0 Å². The third-order valence-corrected chi connectivity index (χ3v) is 2.11. The number of thiazole rings is 1. The molecule has 0 fully saturated rings. The minimum atomic E-state index is 0.180. The molecule has 1 atom stereocenters. The minimum absolute atomic E-state index is 0.180. The van der Waals surface area contributed by atoms with Crippen molar-refractivity contribution in [1.82, 2.24) is 4.98 Å². The van der Waals surface area contributed by atoms with Crippen LogP contribution in [0.1, 0.15) is 12.6 Å². The second kappa shape index (κ2) is 3.69. The molecule has 0 spiro atoms. The Balaban J connectivity index is 2.39. The maximum absolute atomic E-state index is 5.56. The van der Waals surface area contributed by atoms with Crippen molar-refractivity contribution in [3.63, 3.8) is 0 Å². The van der Waals surface area contributed by atoms with Gasteiger partial charge < -0.3 is 11.1 Å². The van der Waals surface area contributed by atoms with Crippen molar-refractivity contribution in [3.05, 3.63) is 11.1 Å². The van der Waals surface area contributed by atoms with Gasteiger partial charge in [0.05, 0.1) is 5.69 Å². The van der Waals surface area contributed by atoms with E-state index in [2.05, 4.69) is 10.3 Å². The Kier molecular flexibility index (Phi) is 2.84. The van der Waals surface area contributed by atoms with Crippen LogP contribution in [0.4, 0.5) is 5.13 Å². The molecule has 0 radical (unpaired) electrons. The van der Waals surface area contributed by atoms with Crippen LogP contribution in [0.5, 0.6) is 0 Å². The van der Waals surface area contributed by atoms with Crippen molar-refractivity contribution in [2.24, 2.45) is 5.73 Å². The quantitative estimate of drug-likeness (QED) is 0.718. The molecule has 0 amide bonds. The van der Waals surface area contributed by atoms with Crippen LogP contribution in [-0.2, 0) is 0 Å². The summed E-state index contributed by atoms with van der Waals surface area (Å²) in [6.45, 7) is 4.73. The Labute approximate surface area is 70.6 Å². The van der Waals surface area contributed by atoms with Gasteiger partial charge in [-0.25, -0.2) is 4.98 Å². The molecule has 3 nitrogen and oxygen atoms in total. The van der Waals surface area contributed by atoms with Gasteiger partial charge in [-0.3, -0.25) is 0 Å². The highest BCUT2D eigenvalue weighted by atomic mass is 32.1. The maximum atomic E-state index is 5.56. The SMILES string of the molecule is Cc1csc(NCC(C)N)n1. The number of anilines is 1. The topological polar surface area (TPSA) is 50.9 Å². The van der Waals surface area contributed by atoms with Crippen molar-refractivity contribution >= 4 is 16.5 Å². The number of nitrogens with two attached hydrogens (primary N) is 1.